The molecule has 0 bridgehead atoms. The van der Waals surface area contributed by atoms with Crippen LogP contribution in [0.1, 0.15) is 23.6 Å². The van der Waals surface area contributed by atoms with Gasteiger partial charge in [-0.2, -0.15) is 10.4 Å². The highest BCUT2D eigenvalue weighted by Crippen LogP contribution is 2.24. The molecule has 0 saturated carbocycles. The van der Waals surface area contributed by atoms with Gasteiger partial charge in [-0.15, -0.1) is 0 Å². The van der Waals surface area contributed by atoms with E-state index in [1.54, 1.807) is 0 Å². The van der Waals surface area contributed by atoms with E-state index >= 15 is 0 Å². The van der Waals surface area contributed by atoms with Crippen LogP contribution in [0, 0.1) is 18.3 Å². The average Bonchev–Trinajstić information content (AvgIpc) is 3.26. The number of benzene rings is 2. The van der Waals surface area contributed by atoms with Gasteiger partial charge in [-0.25, -0.2) is 0 Å². The Morgan fingerprint density at radius 1 is 1.06 bits per heavy atom. The summed E-state index contributed by atoms with van der Waals surface area (Å²) >= 11 is 0. The predicted octanol–water partition coefficient (Wildman–Crippen LogP) is 3.37. The summed E-state index contributed by atoms with van der Waals surface area (Å²) in [6.07, 6.45) is 1.58. The SMILES string of the molecule is CCN(C)Cc1cn(CC(O)CN2CCN(c3ccccc3C#N)CC2)nc1-c1ccc(C)cc1. The van der Waals surface area contributed by atoms with E-state index < -0.39 is 6.10 Å². The maximum Gasteiger partial charge on any atom is 0.101 e. The molecule has 1 atom stereocenters. The van der Waals surface area contributed by atoms with E-state index in [0.717, 1.165) is 56.2 Å². The Kier molecular flexibility index (Phi) is 8.19. The third-order valence-electron chi connectivity index (χ3n) is 6.75. The van der Waals surface area contributed by atoms with Gasteiger partial charge in [0.2, 0.25) is 0 Å². The minimum atomic E-state index is -0.504. The zero-order valence-electron chi connectivity index (χ0n) is 21.1. The van der Waals surface area contributed by atoms with E-state index in [2.05, 4.69) is 72.1 Å². The molecule has 1 saturated heterocycles. The number of nitriles is 1. The molecule has 184 valence electrons. The van der Waals surface area contributed by atoms with Crippen molar-refractivity contribution in [1.29, 1.82) is 5.26 Å². The highest BCUT2D eigenvalue weighted by Gasteiger charge is 2.22. The second-order valence-corrected chi connectivity index (χ2v) is 9.49. The molecule has 7 nitrogen and oxygen atoms in total. The van der Waals surface area contributed by atoms with Crippen molar-refractivity contribution < 1.29 is 5.11 Å². The Balaban J connectivity index is 1.38. The summed E-state index contributed by atoms with van der Waals surface area (Å²) in [6.45, 7) is 10.5. The minimum absolute atomic E-state index is 0.464. The number of aryl methyl sites for hydroxylation is 1. The van der Waals surface area contributed by atoms with Crippen LogP contribution in [0.5, 0.6) is 0 Å². The van der Waals surface area contributed by atoms with Gasteiger partial charge in [-0.1, -0.05) is 48.9 Å². The van der Waals surface area contributed by atoms with Crippen molar-refractivity contribution >= 4 is 5.69 Å². The van der Waals surface area contributed by atoms with E-state index in [1.807, 2.05) is 28.9 Å². The van der Waals surface area contributed by atoms with Gasteiger partial charge in [0, 0.05) is 56.6 Å². The van der Waals surface area contributed by atoms with Crippen LogP contribution in [-0.4, -0.2) is 77.1 Å². The van der Waals surface area contributed by atoms with E-state index in [1.165, 1.54) is 11.1 Å². The van der Waals surface area contributed by atoms with Crippen LogP contribution in [0.4, 0.5) is 5.69 Å². The number of aromatic nitrogens is 2. The maximum atomic E-state index is 10.9. The fraction of sp³-hybridized carbons (Fsp3) is 0.429. The first-order valence-corrected chi connectivity index (χ1v) is 12.4. The highest BCUT2D eigenvalue weighted by atomic mass is 16.3. The molecule has 1 N–H and O–H groups in total. The Hall–Kier alpha value is -3.18. The second kappa shape index (κ2) is 11.5. The van der Waals surface area contributed by atoms with Crippen molar-refractivity contribution in [3.8, 4) is 17.3 Å². The molecular weight excluding hydrogens is 436 g/mol. The van der Waals surface area contributed by atoms with Gasteiger partial charge in [0.05, 0.1) is 29.6 Å². The number of β-amino-alcohol motifs (C(OH)–C–C–N with tert-alkyl or cyclic N) is 1. The van der Waals surface area contributed by atoms with Crippen molar-refractivity contribution in [3.05, 3.63) is 71.4 Å². The Morgan fingerprint density at radius 3 is 2.46 bits per heavy atom. The van der Waals surface area contributed by atoms with Crippen LogP contribution in [-0.2, 0) is 13.1 Å². The lowest BCUT2D eigenvalue weighted by Gasteiger charge is -2.37. The summed E-state index contributed by atoms with van der Waals surface area (Å²) in [5, 5.41) is 25.2. The number of aliphatic hydroxyl groups excluding tert-OH is 1. The Labute approximate surface area is 208 Å². The number of aliphatic hydroxyl groups is 1. The van der Waals surface area contributed by atoms with Crippen LogP contribution in [0.3, 0.4) is 0 Å². The molecule has 4 rings (SSSR count). The summed E-state index contributed by atoms with van der Waals surface area (Å²) in [5.41, 5.74) is 6.22. The molecule has 2 heterocycles. The topological polar surface area (TPSA) is 71.6 Å². The van der Waals surface area contributed by atoms with Gasteiger partial charge in [0.1, 0.15) is 6.07 Å². The summed E-state index contributed by atoms with van der Waals surface area (Å²) in [7, 11) is 2.11. The van der Waals surface area contributed by atoms with E-state index in [-0.39, 0.29) is 0 Å². The molecule has 1 aromatic heterocycles. The van der Waals surface area contributed by atoms with Crippen LogP contribution >= 0.6 is 0 Å². The van der Waals surface area contributed by atoms with Crippen LogP contribution in [0.25, 0.3) is 11.3 Å². The lowest BCUT2D eigenvalue weighted by Crippen LogP contribution is -2.49. The molecule has 1 aliphatic heterocycles. The number of rotatable bonds is 9. The summed E-state index contributed by atoms with van der Waals surface area (Å²) < 4.78 is 1.90. The zero-order chi connectivity index (χ0) is 24.8. The number of para-hydroxylation sites is 1. The summed E-state index contributed by atoms with van der Waals surface area (Å²) in [6, 6.07) is 18.5. The van der Waals surface area contributed by atoms with Crippen LogP contribution in [0.2, 0.25) is 0 Å². The van der Waals surface area contributed by atoms with Gasteiger partial charge < -0.3 is 14.9 Å². The van der Waals surface area contributed by atoms with Gasteiger partial charge in [0.25, 0.3) is 0 Å². The van der Waals surface area contributed by atoms with Crippen molar-refractivity contribution in [1.82, 2.24) is 19.6 Å². The molecule has 0 amide bonds. The van der Waals surface area contributed by atoms with Crippen LogP contribution < -0.4 is 4.90 Å². The highest BCUT2D eigenvalue weighted by molar-refractivity contribution is 5.63. The normalized spacial score (nSPS) is 15.4. The molecule has 35 heavy (non-hydrogen) atoms. The third kappa shape index (κ3) is 6.29. The second-order valence-electron chi connectivity index (χ2n) is 9.49. The standard InChI is InChI=1S/C28H36N6O/c1-4-31(3)18-25-19-34(30-28(25)23-11-9-22(2)10-12-23)21-26(35)20-32-13-15-33(16-14-32)27-8-6-5-7-24(27)17-29/h5-12,19,26,35H,4,13-16,18,20-21H2,1-3H3. The fourth-order valence-electron chi connectivity index (χ4n) is 4.62. The smallest absolute Gasteiger partial charge is 0.101 e. The zero-order valence-corrected chi connectivity index (χ0v) is 21.1. The Bertz CT molecular complexity index is 1140. The van der Waals surface area contributed by atoms with Gasteiger partial charge in [0.15, 0.2) is 0 Å². The molecule has 1 aliphatic rings. The molecule has 1 unspecified atom stereocenters. The van der Waals surface area contributed by atoms with Gasteiger partial charge in [-0.3, -0.25) is 9.58 Å². The van der Waals surface area contributed by atoms with Crippen molar-refractivity contribution in [2.24, 2.45) is 0 Å². The first kappa shape index (κ1) is 24.9. The van der Waals surface area contributed by atoms with Crippen molar-refractivity contribution in [2.75, 3.05) is 51.2 Å². The van der Waals surface area contributed by atoms with Gasteiger partial charge >= 0.3 is 0 Å². The predicted molar refractivity (Wildman–Crippen MR) is 140 cm³/mol. The number of hydrogen-bond donors (Lipinski definition) is 1. The first-order chi connectivity index (χ1) is 17.0. The van der Waals surface area contributed by atoms with E-state index in [9.17, 15) is 10.4 Å². The number of nitrogens with zero attached hydrogens (tertiary/aromatic N) is 6. The largest absolute Gasteiger partial charge is 0.390 e. The number of hydrogen-bond acceptors (Lipinski definition) is 6. The fourth-order valence-corrected chi connectivity index (χ4v) is 4.62. The monoisotopic (exact) mass is 472 g/mol. The Morgan fingerprint density at radius 2 is 1.77 bits per heavy atom. The molecule has 7 heteroatoms. The molecule has 2 aromatic carbocycles. The van der Waals surface area contributed by atoms with Crippen LogP contribution in [0.15, 0.2) is 54.7 Å². The molecule has 1 fully saturated rings. The number of anilines is 1. The summed E-state index contributed by atoms with van der Waals surface area (Å²) in [5.74, 6) is 0. The number of piperazine rings is 1. The van der Waals surface area contributed by atoms with E-state index in [0.29, 0.717) is 18.7 Å². The minimum Gasteiger partial charge on any atom is -0.390 e. The van der Waals surface area contributed by atoms with Crippen molar-refractivity contribution in [2.45, 2.75) is 33.0 Å². The maximum absolute atomic E-state index is 10.9. The van der Waals surface area contributed by atoms with E-state index in [4.69, 9.17) is 5.10 Å². The molecular formula is C28H36N6O. The first-order valence-electron chi connectivity index (χ1n) is 12.4. The molecule has 0 aliphatic carbocycles. The lowest BCUT2D eigenvalue weighted by atomic mass is 10.1. The molecule has 3 aromatic rings. The molecule has 0 spiro atoms. The van der Waals surface area contributed by atoms with Gasteiger partial charge in [-0.05, 0) is 32.6 Å². The third-order valence-corrected chi connectivity index (χ3v) is 6.75. The molecule has 0 radical (unpaired) electrons. The van der Waals surface area contributed by atoms with Crippen molar-refractivity contribution in [3.63, 3.8) is 0 Å². The lowest BCUT2D eigenvalue weighted by molar-refractivity contribution is 0.0921. The summed E-state index contributed by atoms with van der Waals surface area (Å²) in [4.78, 5) is 6.82. The average molecular weight is 473 g/mol. The quantitative estimate of drug-likeness (QED) is 0.515.